The van der Waals surface area contributed by atoms with E-state index in [1.165, 1.54) is 0 Å². The highest BCUT2D eigenvalue weighted by atomic mass is 32.1. The third-order valence-corrected chi connectivity index (χ3v) is 3.70. The molecule has 1 aromatic heterocycles. The average Bonchev–Trinajstić information content (AvgIpc) is 2.95. The summed E-state index contributed by atoms with van der Waals surface area (Å²) in [6.45, 7) is 1.95. The number of carboxylic acid groups (broad SMARTS) is 1. The second-order valence-corrected chi connectivity index (χ2v) is 5.12. The highest BCUT2D eigenvalue weighted by molar-refractivity contribution is 7.07. The lowest BCUT2D eigenvalue weighted by Gasteiger charge is -2.09. The maximum atomic E-state index is 11.4. The van der Waals surface area contributed by atoms with Gasteiger partial charge in [0, 0.05) is 23.3 Å². The maximum absolute atomic E-state index is 11.4. The van der Waals surface area contributed by atoms with Gasteiger partial charge in [-0.1, -0.05) is 37.3 Å². The standard InChI is InChI=1S/C15H12N2O3S/c1-2-12-16-15(21-17-12)20-13-10-6-4-3-5-9(10)7-8-11(13)14(18)19/h3-8H,2H2,1H3,(H,18,19). The van der Waals surface area contributed by atoms with Crippen LogP contribution in [-0.4, -0.2) is 20.4 Å². The van der Waals surface area contributed by atoms with Crippen LogP contribution in [0.1, 0.15) is 23.1 Å². The van der Waals surface area contributed by atoms with Crippen LogP contribution >= 0.6 is 11.5 Å². The number of nitrogens with zero attached hydrogens (tertiary/aromatic N) is 2. The number of ether oxygens (including phenoxy) is 1. The molecular weight excluding hydrogens is 288 g/mol. The number of benzene rings is 2. The van der Waals surface area contributed by atoms with Gasteiger partial charge in [-0.3, -0.25) is 0 Å². The van der Waals surface area contributed by atoms with Crippen LogP contribution in [0.4, 0.5) is 0 Å². The summed E-state index contributed by atoms with van der Waals surface area (Å²) in [7, 11) is 0. The van der Waals surface area contributed by atoms with Crippen molar-refractivity contribution >= 4 is 28.3 Å². The quantitative estimate of drug-likeness (QED) is 0.794. The molecule has 21 heavy (non-hydrogen) atoms. The molecule has 0 spiro atoms. The summed E-state index contributed by atoms with van der Waals surface area (Å²) >= 11 is 1.12. The van der Waals surface area contributed by atoms with E-state index in [9.17, 15) is 9.90 Å². The SMILES string of the molecule is CCc1nsc(Oc2c(C(=O)O)ccc3ccccc23)n1. The molecule has 5 nitrogen and oxygen atoms in total. The van der Waals surface area contributed by atoms with Crippen molar-refractivity contribution in [3.8, 4) is 10.9 Å². The van der Waals surface area contributed by atoms with Gasteiger partial charge in [-0.15, -0.1) is 0 Å². The fourth-order valence-electron chi connectivity index (χ4n) is 2.03. The van der Waals surface area contributed by atoms with E-state index in [1.807, 2.05) is 31.2 Å². The molecule has 0 aliphatic rings. The lowest BCUT2D eigenvalue weighted by Crippen LogP contribution is -2.00. The van der Waals surface area contributed by atoms with Crippen LogP contribution in [0.15, 0.2) is 36.4 Å². The van der Waals surface area contributed by atoms with Crippen LogP contribution in [0.2, 0.25) is 0 Å². The van der Waals surface area contributed by atoms with Crippen molar-refractivity contribution in [3.05, 3.63) is 47.8 Å². The smallest absolute Gasteiger partial charge is 0.339 e. The maximum Gasteiger partial charge on any atom is 0.339 e. The number of aromatic nitrogens is 2. The molecule has 0 aliphatic heterocycles. The minimum absolute atomic E-state index is 0.113. The third-order valence-electron chi connectivity index (χ3n) is 3.07. The van der Waals surface area contributed by atoms with Crippen LogP contribution in [0.25, 0.3) is 10.8 Å². The number of carboxylic acids is 1. The molecule has 106 valence electrons. The molecule has 3 rings (SSSR count). The number of carbonyl (C=O) groups is 1. The number of aromatic carboxylic acids is 1. The number of rotatable bonds is 4. The summed E-state index contributed by atoms with van der Waals surface area (Å²) in [5.74, 6) is -0.0394. The van der Waals surface area contributed by atoms with E-state index < -0.39 is 5.97 Å². The Bertz CT molecular complexity index is 814. The second kappa shape index (κ2) is 5.49. The summed E-state index contributed by atoms with van der Waals surface area (Å²) < 4.78 is 9.87. The normalized spacial score (nSPS) is 10.7. The Kier molecular flexibility index (Phi) is 3.53. The monoisotopic (exact) mass is 300 g/mol. The Morgan fingerprint density at radius 2 is 2.10 bits per heavy atom. The van der Waals surface area contributed by atoms with Gasteiger partial charge in [0.25, 0.3) is 5.19 Å². The lowest BCUT2D eigenvalue weighted by molar-refractivity contribution is 0.0694. The molecule has 0 fully saturated rings. The highest BCUT2D eigenvalue weighted by Gasteiger charge is 2.17. The minimum Gasteiger partial charge on any atom is -0.478 e. The Morgan fingerprint density at radius 1 is 1.29 bits per heavy atom. The van der Waals surface area contributed by atoms with Gasteiger partial charge in [0.2, 0.25) is 0 Å². The zero-order valence-corrected chi connectivity index (χ0v) is 12.1. The molecule has 0 aliphatic carbocycles. The number of fused-ring (bicyclic) bond motifs is 1. The van der Waals surface area contributed by atoms with Gasteiger partial charge in [-0.25, -0.2) is 4.79 Å². The van der Waals surface area contributed by atoms with Crippen molar-refractivity contribution in [2.75, 3.05) is 0 Å². The first-order chi connectivity index (χ1) is 10.2. The summed E-state index contributed by atoms with van der Waals surface area (Å²) in [5.41, 5.74) is 0.113. The van der Waals surface area contributed by atoms with Gasteiger partial charge in [-0.2, -0.15) is 9.36 Å². The fraction of sp³-hybridized carbons (Fsp3) is 0.133. The number of hydrogen-bond donors (Lipinski definition) is 1. The van der Waals surface area contributed by atoms with Gasteiger partial charge >= 0.3 is 5.97 Å². The van der Waals surface area contributed by atoms with E-state index in [2.05, 4.69) is 9.36 Å². The van der Waals surface area contributed by atoms with Crippen molar-refractivity contribution in [1.82, 2.24) is 9.36 Å². The summed E-state index contributed by atoms with van der Waals surface area (Å²) in [6.07, 6.45) is 0.710. The molecule has 0 saturated carbocycles. The molecule has 0 saturated heterocycles. The van der Waals surface area contributed by atoms with Crippen molar-refractivity contribution in [2.45, 2.75) is 13.3 Å². The first-order valence-electron chi connectivity index (χ1n) is 6.44. The van der Waals surface area contributed by atoms with Crippen LogP contribution < -0.4 is 4.74 Å². The van der Waals surface area contributed by atoms with E-state index >= 15 is 0 Å². The zero-order valence-electron chi connectivity index (χ0n) is 11.2. The summed E-state index contributed by atoms with van der Waals surface area (Å²) in [4.78, 5) is 15.6. The number of hydrogen-bond acceptors (Lipinski definition) is 5. The highest BCUT2D eigenvalue weighted by Crippen LogP contribution is 2.34. The molecule has 0 atom stereocenters. The number of aryl methyl sites for hydroxylation is 1. The topological polar surface area (TPSA) is 72.3 Å². The van der Waals surface area contributed by atoms with Crippen molar-refractivity contribution in [2.24, 2.45) is 0 Å². The summed E-state index contributed by atoms with van der Waals surface area (Å²) in [6, 6.07) is 10.8. The average molecular weight is 300 g/mol. The van der Waals surface area contributed by atoms with Crippen molar-refractivity contribution in [3.63, 3.8) is 0 Å². The molecule has 6 heteroatoms. The lowest BCUT2D eigenvalue weighted by atomic mass is 10.1. The Hall–Kier alpha value is -2.47. The predicted molar refractivity (Wildman–Crippen MR) is 80.3 cm³/mol. The summed E-state index contributed by atoms with van der Waals surface area (Å²) in [5, 5.41) is 11.4. The molecule has 2 aromatic carbocycles. The molecule has 3 aromatic rings. The van der Waals surface area contributed by atoms with Crippen molar-refractivity contribution in [1.29, 1.82) is 0 Å². The van der Waals surface area contributed by atoms with Gasteiger partial charge in [0.1, 0.15) is 11.4 Å². The first-order valence-corrected chi connectivity index (χ1v) is 7.22. The largest absolute Gasteiger partial charge is 0.478 e. The van der Waals surface area contributed by atoms with E-state index in [1.54, 1.807) is 12.1 Å². The van der Waals surface area contributed by atoms with Gasteiger partial charge in [0.05, 0.1) is 0 Å². The van der Waals surface area contributed by atoms with E-state index in [-0.39, 0.29) is 5.56 Å². The van der Waals surface area contributed by atoms with Crippen LogP contribution in [0.5, 0.6) is 10.9 Å². The van der Waals surface area contributed by atoms with Crippen LogP contribution in [0, 0.1) is 0 Å². The van der Waals surface area contributed by atoms with Crippen LogP contribution in [0.3, 0.4) is 0 Å². The van der Waals surface area contributed by atoms with Crippen LogP contribution in [-0.2, 0) is 6.42 Å². The molecule has 1 N–H and O–H groups in total. The van der Waals surface area contributed by atoms with Gasteiger partial charge in [0.15, 0.2) is 5.75 Å². The second-order valence-electron chi connectivity index (χ2n) is 4.40. The molecule has 1 heterocycles. The molecule has 0 bridgehead atoms. The van der Waals surface area contributed by atoms with E-state index in [4.69, 9.17) is 4.74 Å². The molecule has 0 unspecified atom stereocenters. The Labute approximate surface area is 125 Å². The van der Waals surface area contributed by atoms with Gasteiger partial charge < -0.3 is 9.84 Å². The van der Waals surface area contributed by atoms with Crippen molar-refractivity contribution < 1.29 is 14.6 Å². The molecule has 0 radical (unpaired) electrons. The molecule has 0 amide bonds. The predicted octanol–water partition coefficient (Wildman–Crippen LogP) is 3.74. The Balaban J connectivity index is 2.13. The molecular formula is C15H12N2O3S. The fourth-order valence-corrected chi connectivity index (χ4v) is 2.65. The first kappa shape index (κ1) is 13.5. The van der Waals surface area contributed by atoms with E-state index in [0.717, 1.165) is 22.3 Å². The minimum atomic E-state index is -1.03. The zero-order chi connectivity index (χ0) is 14.8. The third kappa shape index (κ3) is 2.57. The van der Waals surface area contributed by atoms with E-state index in [0.29, 0.717) is 23.2 Å². The Morgan fingerprint density at radius 3 is 2.81 bits per heavy atom. The van der Waals surface area contributed by atoms with Gasteiger partial charge in [-0.05, 0) is 11.5 Å².